The Morgan fingerprint density at radius 2 is 2.05 bits per heavy atom. The van der Waals surface area contributed by atoms with E-state index in [1.165, 1.54) is 7.11 Å². The highest BCUT2D eigenvalue weighted by molar-refractivity contribution is 7.85. The summed E-state index contributed by atoms with van der Waals surface area (Å²) in [6.45, 7) is 1.91. The van der Waals surface area contributed by atoms with Crippen LogP contribution in [-0.4, -0.2) is 34.3 Å². The Kier molecular flexibility index (Phi) is 4.60. The molecule has 0 bridgehead atoms. The molecule has 1 fully saturated rings. The zero-order chi connectivity index (χ0) is 14.0. The molecule has 0 aromatic heterocycles. The van der Waals surface area contributed by atoms with Gasteiger partial charge in [0, 0.05) is 21.9 Å². The van der Waals surface area contributed by atoms with Crippen LogP contribution in [0.5, 0.6) is 0 Å². The molecule has 0 aliphatic carbocycles. The number of nitrogens with one attached hydrogen (secondary N) is 1. The number of carbonyl (C=O) groups excluding carboxylic acids is 1. The maximum absolute atomic E-state index is 12.1. The SMILES string of the molecule is COC(=O)C1CS(=O)C(C)C(c2ccc(Cl)cc2)N1. The maximum atomic E-state index is 12.1. The van der Waals surface area contributed by atoms with Gasteiger partial charge >= 0.3 is 5.97 Å². The van der Waals surface area contributed by atoms with Crippen LogP contribution in [0.25, 0.3) is 0 Å². The summed E-state index contributed by atoms with van der Waals surface area (Å²) in [5.41, 5.74) is 0.971. The molecule has 1 aromatic carbocycles. The van der Waals surface area contributed by atoms with Crippen LogP contribution in [0.3, 0.4) is 0 Å². The van der Waals surface area contributed by atoms with E-state index in [9.17, 15) is 9.00 Å². The summed E-state index contributed by atoms with van der Waals surface area (Å²) in [5.74, 6) is -0.0861. The molecule has 1 heterocycles. The maximum Gasteiger partial charge on any atom is 0.323 e. The number of rotatable bonds is 2. The number of halogens is 1. The van der Waals surface area contributed by atoms with Crippen LogP contribution < -0.4 is 5.32 Å². The molecule has 6 heteroatoms. The lowest BCUT2D eigenvalue weighted by atomic mass is 10.0. The Morgan fingerprint density at radius 3 is 2.63 bits per heavy atom. The van der Waals surface area contributed by atoms with Crippen LogP contribution in [-0.2, 0) is 20.3 Å². The molecule has 4 nitrogen and oxygen atoms in total. The van der Waals surface area contributed by atoms with E-state index in [4.69, 9.17) is 16.3 Å². The van der Waals surface area contributed by atoms with Crippen molar-refractivity contribution < 1.29 is 13.7 Å². The van der Waals surface area contributed by atoms with Gasteiger partial charge in [0.05, 0.1) is 18.1 Å². The van der Waals surface area contributed by atoms with E-state index in [0.29, 0.717) is 5.02 Å². The third-order valence-corrected chi connectivity index (χ3v) is 5.33. The molecule has 2 rings (SSSR count). The summed E-state index contributed by atoms with van der Waals surface area (Å²) in [6, 6.07) is 6.67. The molecule has 4 atom stereocenters. The lowest BCUT2D eigenvalue weighted by molar-refractivity contribution is -0.142. The van der Waals surface area contributed by atoms with Crippen molar-refractivity contribution >= 4 is 28.4 Å². The molecule has 1 aromatic rings. The highest BCUT2D eigenvalue weighted by atomic mass is 35.5. The summed E-state index contributed by atoms with van der Waals surface area (Å²) in [4.78, 5) is 11.6. The Hall–Kier alpha value is -0.910. The monoisotopic (exact) mass is 301 g/mol. The molecule has 0 radical (unpaired) electrons. The van der Waals surface area contributed by atoms with Crippen LogP contribution in [0.2, 0.25) is 5.02 Å². The first-order valence-corrected chi connectivity index (χ1v) is 7.75. The molecule has 1 saturated heterocycles. The van der Waals surface area contributed by atoms with E-state index in [-0.39, 0.29) is 23.0 Å². The molecular weight excluding hydrogens is 286 g/mol. The number of esters is 1. The molecule has 1 aliphatic rings. The smallest absolute Gasteiger partial charge is 0.323 e. The fourth-order valence-corrected chi connectivity index (χ4v) is 3.71. The number of hydrogen-bond donors (Lipinski definition) is 1. The van der Waals surface area contributed by atoms with Gasteiger partial charge in [-0.15, -0.1) is 0 Å². The average Bonchev–Trinajstić information content (AvgIpc) is 2.42. The molecule has 0 amide bonds. The van der Waals surface area contributed by atoms with Crippen LogP contribution in [0.4, 0.5) is 0 Å². The fraction of sp³-hybridized carbons (Fsp3) is 0.462. The second kappa shape index (κ2) is 6.03. The van der Waals surface area contributed by atoms with Crippen molar-refractivity contribution in [1.29, 1.82) is 0 Å². The van der Waals surface area contributed by atoms with Gasteiger partial charge in [-0.2, -0.15) is 0 Å². The lowest BCUT2D eigenvalue weighted by Crippen LogP contribution is -2.53. The number of hydrogen-bond acceptors (Lipinski definition) is 4. The van der Waals surface area contributed by atoms with Crippen molar-refractivity contribution in [2.75, 3.05) is 12.9 Å². The topological polar surface area (TPSA) is 55.4 Å². The van der Waals surface area contributed by atoms with Crippen LogP contribution in [0.15, 0.2) is 24.3 Å². The average molecular weight is 302 g/mol. The highest BCUT2D eigenvalue weighted by Gasteiger charge is 2.36. The zero-order valence-corrected chi connectivity index (χ0v) is 12.3. The normalized spacial score (nSPS) is 30.9. The predicted octanol–water partition coefficient (Wildman–Crippen LogP) is 1.66. The number of methoxy groups -OCH3 is 1. The van der Waals surface area contributed by atoms with Crippen molar-refractivity contribution in [3.63, 3.8) is 0 Å². The minimum absolute atomic E-state index is 0.0675. The first-order valence-electron chi connectivity index (χ1n) is 5.99. The van der Waals surface area contributed by atoms with Gasteiger partial charge in [0.1, 0.15) is 6.04 Å². The van der Waals surface area contributed by atoms with Crippen molar-refractivity contribution in [2.24, 2.45) is 0 Å². The Balaban J connectivity index is 2.24. The third kappa shape index (κ3) is 3.16. The van der Waals surface area contributed by atoms with Crippen LogP contribution in [0.1, 0.15) is 18.5 Å². The fourth-order valence-electron chi connectivity index (χ4n) is 2.18. The molecule has 0 spiro atoms. The number of carbonyl (C=O) groups is 1. The second-order valence-corrected chi connectivity index (χ2v) is 6.80. The molecule has 1 aliphatic heterocycles. The van der Waals surface area contributed by atoms with Gasteiger partial charge in [-0.1, -0.05) is 23.7 Å². The number of ether oxygens (including phenoxy) is 1. The summed E-state index contributed by atoms with van der Waals surface area (Å²) in [6.07, 6.45) is 0. The van der Waals surface area contributed by atoms with Gasteiger partial charge in [-0.05, 0) is 24.6 Å². The van der Waals surface area contributed by atoms with Crippen molar-refractivity contribution in [1.82, 2.24) is 5.32 Å². The highest BCUT2D eigenvalue weighted by Crippen LogP contribution is 2.27. The molecular formula is C13H16ClNO3S. The first kappa shape index (κ1) is 14.5. The van der Waals surface area contributed by atoms with E-state index in [0.717, 1.165) is 5.56 Å². The van der Waals surface area contributed by atoms with E-state index in [2.05, 4.69) is 5.32 Å². The van der Waals surface area contributed by atoms with Crippen molar-refractivity contribution in [3.05, 3.63) is 34.9 Å². The van der Waals surface area contributed by atoms with Gasteiger partial charge in [0.2, 0.25) is 0 Å². The van der Waals surface area contributed by atoms with E-state index < -0.39 is 16.8 Å². The number of benzene rings is 1. The Morgan fingerprint density at radius 1 is 1.42 bits per heavy atom. The minimum atomic E-state index is -1.07. The lowest BCUT2D eigenvalue weighted by Gasteiger charge is -2.34. The molecule has 19 heavy (non-hydrogen) atoms. The summed E-state index contributed by atoms with van der Waals surface area (Å²) in [7, 11) is 0.266. The summed E-state index contributed by atoms with van der Waals surface area (Å²) in [5, 5.41) is 3.79. The first-order chi connectivity index (χ1) is 9.02. The molecule has 1 N–H and O–H groups in total. The van der Waals surface area contributed by atoms with Crippen molar-refractivity contribution in [2.45, 2.75) is 24.3 Å². The largest absolute Gasteiger partial charge is 0.468 e. The molecule has 4 unspecified atom stereocenters. The summed E-state index contributed by atoms with van der Waals surface area (Å²) >= 11 is 5.86. The van der Waals surface area contributed by atoms with Crippen LogP contribution >= 0.6 is 11.6 Å². The van der Waals surface area contributed by atoms with Gasteiger partial charge in [0.15, 0.2) is 0 Å². The minimum Gasteiger partial charge on any atom is -0.468 e. The van der Waals surface area contributed by atoms with Crippen LogP contribution in [0, 0.1) is 0 Å². The second-order valence-electron chi connectivity index (χ2n) is 4.52. The van der Waals surface area contributed by atoms with Gasteiger partial charge in [-0.3, -0.25) is 14.3 Å². The van der Waals surface area contributed by atoms with E-state index in [1.807, 2.05) is 19.1 Å². The van der Waals surface area contributed by atoms with Gasteiger partial charge in [-0.25, -0.2) is 0 Å². The summed E-state index contributed by atoms with van der Waals surface area (Å²) < 4.78 is 16.8. The Bertz CT molecular complexity index is 491. The zero-order valence-electron chi connectivity index (χ0n) is 10.8. The standard InChI is InChI=1S/C13H16ClNO3S/c1-8-12(9-3-5-10(14)6-4-9)15-11(7-19(8)17)13(16)18-2/h3-6,8,11-12,15H,7H2,1-2H3. The van der Waals surface area contributed by atoms with E-state index in [1.54, 1.807) is 12.1 Å². The quantitative estimate of drug-likeness (QED) is 0.844. The molecule has 0 saturated carbocycles. The molecule has 104 valence electrons. The van der Waals surface area contributed by atoms with Gasteiger partial charge < -0.3 is 4.74 Å². The van der Waals surface area contributed by atoms with E-state index >= 15 is 0 Å². The predicted molar refractivity (Wildman–Crippen MR) is 75.6 cm³/mol. The van der Waals surface area contributed by atoms with Crippen molar-refractivity contribution in [3.8, 4) is 0 Å². The Labute approximate surface area is 119 Å². The van der Waals surface area contributed by atoms with Gasteiger partial charge in [0.25, 0.3) is 0 Å². The third-order valence-electron chi connectivity index (χ3n) is 3.31.